The lowest BCUT2D eigenvalue weighted by atomic mass is 10.1. The average Bonchev–Trinajstić information content (AvgIpc) is 2.15. The smallest absolute Gasteiger partial charge is 0.207 e. The summed E-state index contributed by atoms with van der Waals surface area (Å²) >= 11 is 0. The van der Waals surface area contributed by atoms with E-state index in [1.165, 1.54) is 12.1 Å². The molecule has 1 nitrogen and oxygen atoms in total. The number of aryl methyl sites for hydroxylation is 1. The van der Waals surface area contributed by atoms with Crippen molar-refractivity contribution in [3.63, 3.8) is 0 Å². The normalized spacial score (nSPS) is 10.2. The van der Waals surface area contributed by atoms with E-state index in [4.69, 9.17) is 5.26 Å². The highest BCUT2D eigenvalue weighted by Crippen LogP contribution is 2.21. The standard InChI is InChI=1S/C10H8F3N/c11-9-6-8(10(12)13)4-3-7(9)2-1-5-14/h3-4,6,10H,1-2H2. The van der Waals surface area contributed by atoms with Crippen LogP contribution in [0.4, 0.5) is 13.2 Å². The summed E-state index contributed by atoms with van der Waals surface area (Å²) in [4.78, 5) is 0. The molecule has 0 spiro atoms. The van der Waals surface area contributed by atoms with Gasteiger partial charge in [-0.05, 0) is 18.1 Å². The van der Waals surface area contributed by atoms with E-state index >= 15 is 0 Å². The maximum atomic E-state index is 13.1. The van der Waals surface area contributed by atoms with Crippen LogP contribution in [0.5, 0.6) is 0 Å². The Balaban J connectivity index is 2.85. The lowest BCUT2D eigenvalue weighted by molar-refractivity contribution is 0.151. The van der Waals surface area contributed by atoms with Crippen LogP contribution in [0.25, 0.3) is 0 Å². The molecule has 1 rings (SSSR count). The van der Waals surface area contributed by atoms with Gasteiger partial charge in [-0.15, -0.1) is 0 Å². The van der Waals surface area contributed by atoms with Crippen LogP contribution in [0, 0.1) is 17.1 Å². The summed E-state index contributed by atoms with van der Waals surface area (Å²) in [5, 5.41) is 8.27. The van der Waals surface area contributed by atoms with Gasteiger partial charge in [0.05, 0.1) is 6.07 Å². The monoisotopic (exact) mass is 199 g/mol. The van der Waals surface area contributed by atoms with Gasteiger partial charge < -0.3 is 0 Å². The predicted molar refractivity (Wildman–Crippen MR) is 45.3 cm³/mol. The second-order valence-corrected chi connectivity index (χ2v) is 2.81. The number of benzene rings is 1. The maximum absolute atomic E-state index is 13.1. The molecule has 4 heteroatoms. The molecule has 0 amide bonds. The quantitative estimate of drug-likeness (QED) is 0.733. The summed E-state index contributed by atoms with van der Waals surface area (Å²) in [7, 11) is 0. The highest BCUT2D eigenvalue weighted by molar-refractivity contribution is 5.25. The minimum atomic E-state index is -2.66. The van der Waals surface area contributed by atoms with Crippen molar-refractivity contribution < 1.29 is 13.2 Å². The first-order chi connectivity index (χ1) is 6.65. The van der Waals surface area contributed by atoms with Gasteiger partial charge in [0.1, 0.15) is 5.82 Å². The summed E-state index contributed by atoms with van der Waals surface area (Å²) in [5.41, 5.74) is -0.0286. The molecule has 0 N–H and O–H groups in total. The molecule has 0 atom stereocenters. The van der Waals surface area contributed by atoms with Crippen LogP contribution in [0.2, 0.25) is 0 Å². The molecule has 0 aliphatic carbocycles. The largest absolute Gasteiger partial charge is 0.263 e. The number of halogens is 3. The number of hydrogen-bond acceptors (Lipinski definition) is 1. The molecule has 0 aliphatic heterocycles. The van der Waals surface area contributed by atoms with E-state index in [-0.39, 0.29) is 18.4 Å². The van der Waals surface area contributed by atoms with Crippen LogP contribution in [0.3, 0.4) is 0 Å². The van der Waals surface area contributed by atoms with Gasteiger partial charge in [0.15, 0.2) is 0 Å². The minimum Gasteiger partial charge on any atom is -0.207 e. The van der Waals surface area contributed by atoms with Gasteiger partial charge in [0, 0.05) is 12.0 Å². The zero-order valence-electron chi connectivity index (χ0n) is 7.30. The zero-order chi connectivity index (χ0) is 10.6. The summed E-state index contributed by atoms with van der Waals surface area (Å²) in [6, 6.07) is 5.16. The first kappa shape index (κ1) is 10.6. The van der Waals surface area contributed by atoms with Crippen LogP contribution in [0.1, 0.15) is 24.0 Å². The van der Waals surface area contributed by atoms with Crippen molar-refractivity contribution in [2.45, 2.75) is 19.3 Å². The van der Waals surface area contributed by atoms with Crippen molar-refractivity contribution in [1.82, 2.24) is 0 Å². The van der Waals surface area contributed by atoms with Crippen LogP contribution in [-0.4, -0.2) is 0 Å². The third kappa shape index (κ3) is 2.49. The number of hydrogen-bond donors (Lipinski definition) is 0. The van der Waals surface area contributed by atoms with Gasteiger partial charge in [0.2, 0.25) is 0 Å². The molecule has 74 valence electrons. The maximum Gasteiger partial charge on any atom is 0.263 e. The SMILES string of the molecule is N#CCCc1ccc(C(F)F)cc1F. The first-order valence-corrected chi connectivity index (χ1v) is 4.08. The van der Waals surface area contributed by atoms with Crippen LogP contribution >= 0.6 is 0 Å². The van der Waals surface area contributed by atoms with E-state index in [2.05, 4.69) is 0 Å². The highest BCUT2D eigenvalue weighted by Gasteiger charge is 2.10. The Morgan fingerprint density at radius 2 is 2.07 bits per heavy atom. The number of rotatable bonds is 3. The molecule has 0 radical (unpaired) electrons. The highest BCUT2D eigenvalue weighted by atomic mass is 19.3. The fourth-order valence-corrected chi connectivity index (χ4v) is 1.09. The topological polar surface area (TPSA) is 23.8 Å². The molecule has 0 fully saturated rings. The number of nitrogens with zero attached hydrogens (tertiary/aromatic N) is 1. The van der Waals surface area contributed by atoms with Gasteiger partial charge in [-0.1, -0.05) is 12.1 Å². The summed E-state index contributed by atoms with van der Waals surface area (Å²) < 4.78 is 37.3. The minimum absolute atomic E-state index is 0.185. The number of alkyl halides is 2. The zero-order valence-corrected chi connectivity index (χ0v) is 7.30. The van der Waals surface area contributed by atoms with Crippen LogP contribution < -0.4 is 0 Å². The van der Waals surface area contributed by atoms with Gasteiger partial charge in [-0.2, -0.15) is 5.26 Å². The van der Waals surface area contributed by atoms with Crippen LogP contribution in [-0.2, 0) is 6.42 Å². The summed E-state index contributed by atoms with van der Waals surface area (Å²) in [6.07, 6.45) is -2.22. The molecule has 1 aromatic rings. The molecule has 0 saturated heterocycles. The Bertz CT molecular complexity index is 355. The molecule has 0 unspecified atom stereocenters. The van der Waals surface area contributed by atoms with Crippen LogP contribution in [0.15, 0.2) is 18.2 Å². The Hall–Kier alpha value is -1.50. The molecule has 0 saturated carbocycles. The fraction of sp³-hybridized carbons (Fsp3) is 0.300. The van der Waals surface area contributed by atoms with Gasteiger partial charge in [0.25, 0.3) is 6.43 Å². The lowest BCUT2D eigenvalue weighted by Crippen LogP contribution is -1.93. The molecule has 0 aromatic heterocycles. The van der Waals surface area contributed by atoms with E-state index in [1.54, 1.807) is 0 Å². The Labute approximate surface area is 79.8 Å². The number of nitriles is 1. The average molecular weight is 199 g/mol. The Morgan fingerprint density at radius 3 is 2.57 bits per heavy atom. The molecule has 0 bridgehead atoms. The molecular formula is C10H8F3N. The van der Waals surface area contributed by atoms with E-state index in [0.717, 1.165) is 6.07 Å². The molecule has 0 heterocycles. The summed E-state index contributed by atoms with van der Waals surface area (Å²) in [5.74, 6) is -0.668. The fourth-order valence-electron chi connectivity index (χ4n) is 1.09. The van der Waals surface area contributed by atoms with E-state index < -0.39 is 12.2 Å². The Morgan fingerprint density at radius 1 is 1.36 bits per heavy atom. The van der Waals surface area contributed by atoms with Crippen molar-refractivity contribution in [3.8, 4) is 6.07 Å². The third-order valence-electron chi connectivity index (χ3n) is 1.84. The Kier molecular flexibility index (Phi) is 3.52. The van der Waals surface area contributed by atoms with E-state index in [9.17, 15) is 13.2 Å². The summed E-state index contributed by atoms with van der Waals surface area (Å²) in [6.45, 7) is 0. The third-order valence-corrected chi connectivity index (χ3v) is 1.84. The van der Waals surface area contributed by atoms with Crippen molar-refractivity contribution in [2.24, 2.45) is 0 Å². The van der Waals surface area contributed by atoms with Gasteiger partial charge >= 0.3 is 0 Å². The second kappa shape index (κ2) is 4.66. The predicted octanol–water partition coefficient (Wildman–Crippen LogP) is 3.22. The van der Waals surface area contributed by atoms with Crippen molar-refractivity contribution in [1.29, 1.82) is 5.26 Å². The molecule has 1 aromatic carbocycles. The lowest BCUT2D eigenvalue weighted by Gasteiger charge is -2.03. The molecule has 0 aliphatic rings. The van der Waals surface area contributed by atoms with Gasteiger partial charge in [-0.25, -0.2) is 13.2 Å². The first-order valence-electron chi connectivity index (χ1n) is 4.08. The molecule has 14 heavy (non-hydrogen) atoms. The van der Waals surface area contributed by atoms with Gasteiger partial charge in [-0.3, -0.25) is 0 Å². The van der Waals surface area contributed by atoms with Crippen molar-refractivity contribution >= 4 is 0 Å². The van der Waals surface area contributed by atoms with E-state index in [0.29, 0.717) is 5.56 Å². The van der Waals surface area contributed by atoms with Crippen molar-refractivity contribution in [3.05, 3.63) is 35.1 Å². The second-order valence-electron chi connectivity index (χ2n) is 2.81. The van der Waals surface area contributed by atoms with Crippen molar-refractivity contribution in [2.75, 3.05) is 0 Å². The molecular weight excluding hydrogens is 191 g/mol. The van der Waals surface area contributed by atoms with E-state index in [1.807, 2.05) is 6.07 Å².